The van der Waals surface area contributed by atoms with Gasteiger partial charge in [0.15, 0.2) is 6.04 Å². The second-order valence-electron chi connectivity index (χ2n) is 8.16. The Labute approximate surface area is 182 Å². The molecule has 164 valence electrons. The van der Waals surface area contributed by atoms with Crippen molar-refractivity contribution in [3.63, 3.8) is 0 Å². The lowest BCUT2D eigenvalue weighted by Gasteiger charge is -2.44. The zero-order valence-corrected chi connectivity index (χ0v) is 17.7. The number of hydrogen-bond acceptors (Lipinski definition) is 5. The number of likely N-dealkylation sites (tertiary alicyclic amines) is 1. The summed E-state index contributed by atoms with van der Waals surface area (Å²) in [7, 11) is 1.59. The first kappa shape index (κ1) is 21.3. The van der Waals surface area contributed by atoms with E-state index in [1.54, 1.807) is 19.2 Å². The standard InChI is InChI=1S/C24H28N2O5/c1-30-20-9-7-18(8-10-20)15-22(27)26-21(23(28)29)17-31-24(26)11-13-25(14-12-24)16-19-5-3-2-4-6-19/h2-10,21H,11-17H2,1H3,(H,28,29)/t21-/m0/s1. The molecule has 0 bridgehead atoms. The summed E-state index contributed by atoms with van der Waals surface area (Å²) in [6.07, 6.45) is 1.32. The van der Waals surface area contributed by atoms with E-state index in [2.05, 4.69) is 17.0 Å². The molecule has 2 heterocycles. The van der Waals surface area contributed by atoms with Gasteiger partial charge in [-0.2, -0.15) is 0 Å². The molecular formula is C24H28N2O5. The Morgan fingerprint density at radius 3 is 2.35 bits per heavy atom. The zero-order valence-electron chi connectivity index (χ0n) is 17.7. The van der Waals surface area contributed by atoms with E-state index in [-0.39, 0.29) is 18.9 Å². The number of piperidine rings is 1. The molecule has 4 rings (SSSR count). The van der Waals surface area contributed by atoms with Gasteiger partial charge in [0.2, 0.25) is 5.91 Å². The van der Waals surface area contributed by atoms with Crippen LogP contribution in [0.25, 0.3) is 0 Å². The van der Waals surface area contributed by atoms with Crippen LogP contribution in [0.5, 0.6) is 5.75 Å². The summed E-state index contributed by atoms with van der Waals surface area (Å²) in [5, 5.41) is 9.73. The van der Waals surface area contributed by atoms with Crippen LogP contribution in [0.2, 0.25) is 0 Å². The molecule has 7 heteroatoms. The molecule has 2 aliphatic heterocycles. The Morgan fingerprint density at radius 1 is 1.06 bits per heavy atom. The average Bonchev–Trinajstić information content (AvgIpc) is 3.16. The molecule has 7 nitrogen and oxygen atoms in total. The lowest BCUT2D eigenvalue weighted by atomic mass is 9.96. The quantitative estimate of drug-likeness (QED) is 0.768. The van der Waals surface area contributed by atoms with Gasteiger partial charge in [0.1, 0.15) is 11.5 Å². The van der Waals surface area contributed by atoms with E-state index in [4.69, 9.17) is 9.47 Å². The molecule has 0 aromatic heterocycles. The molecule has 2 saturated heterocycles. The second-order valence-corrected chi connectivity index (χ2v) is 8.16. The molecule has 0 radical (unpaired) electrons. The van der Waals surface area contributed by atoms with E-state index in [0.29, 0.717) is 18.6 Å². The van der Waals surface area contributed by atoms with Crippen LogP contribution in [0.1, 0.15) is 24.0 Å². The summed E-state index contributed by atoms with van der Waals surface area (Å²) in [6, 6.07) is 16.6. The minimum atomic E-state index is -1.02. The number of nitrogens with zero attached hydrogens (tertiary/aromatic N) is 2. The fourth-order valence-corrected chi connectivity index (χ4v) is 4.54. The lowest BCUT2D eigenvalue weighted by Crippen LogP contribution is -2.58. The molecule has 0 unspecified atom stereocenters. The molecule has 2 aliphatic rings. The number of amides is 1. The van der Waals surface area contributed by atoms with Gasteiger partial charge in [-0.15, -0.1) is 0 Å². The lowest BCUT2D eigenvalue weighted by molar-refractivity contribution is -0.165. The zero-order chi connectivity index (χ0) is 21.8. The maximum absolute atomic E-state index is 13.3. The molecule has 2 fully saturated rings. The van der Waals surface area contributed by atoms with Crippen molar-refractivity contribution in [2.45, 2.75) is 37.6 Å². The van der Waals surface area contributed by atoms with Gasteiger partial charge >= 0.3 is 5.97 Å². The average molecular weight is 424 g/mol. The third-order valence-corrected chi connectivity index (χ3v) is 6.22. The molecule has 1 atom stereocenters. The molecule has 31 heavy (non-hydrogen) atoms. The molecular weight excluding hydrogens is 396 g/mol. The monoisotopic (exact) mass is 424 g/mol. The first-order valence-electron chi connectivity index (χ1n) is 10.6. The third-order valence-electron chi connectivity index (χ3n) is 6.22. The number of carbonyl (C=O) groups is 2. The highest BCUT2D eigenvalue weighted by atomic mass is 16.5. The number of carbonyl (C=O) groups excluding carboxylic acids is 1. The minimum absolute atomic E-state index is 0.0301. The second kappa shape index (κ2) is 9.08. The summed E-state index contributed by atoms with van der Waals surface area (Å²) in [5.41, 5.74) is 1.21. The van der Waals surface area contributed by atoms with Crippen LogP contribution in [0.3, 0.4) is 0 Å². The van der Waals surface area contributed by atoms with Crippen LogP contribution < -0.4 is 4.74 Å². The summed E-state index contributed by atoms with van der Waals surface area (Å²) < 4.78 is 11.2. The SMILES string of the molecule is COc1ccc(CC(=O)N2[C@H](C(=O)O)COC23CCN(Cc2ccccc2)CC3)cc1. The Morgan fingerprint density at radius 2 is 1.74 bits per heavy atom. The van der Waals surface area contributed by atoms with Crippen LogP contribution in [-0.2, 0) is 27.3 Å². The Kier molecular flexibility index (Phi) is 6.25. The number of benzene rings is 2. The van der Waals surface area contributed by atoms with Crippen LogP contribution in [-0.4, -0.2) is 65.4 Å². The predicted molar refractivity (Wildman–Crippen MR) is 115 cm³/mol. The topological polar surface area (TPSA) is 79.3 Å². The van der Waals surface area contributed by atoms with E-state index in [1.807, 2.05) is 30.3 Å². The van der Waals surface area contributed by atoms with Crippen molar-refractivity contribution in [2.75, 3.05) is 26.8 Å². The van der Waals surface area contributed by atoms with E-state index < -0.39 is 17.7 Å². The number of aliphatic carboxylic acids is 1. The molecule has 2 aromatic rings. The van der Waals surface area contributed by atoms with E-state index in [1.165, 1.54) is 10.5 Å². The van der Waals surface area contributed by atoms with Crippen LogP contribution >= 0.6 is 0 Å². The van der Waals surface area contributed by atoms with Gasteiger partial charge in [-0.05, 0) is 23.3 Å². The van der Waals surface area contributed by atoms with Gasteiger partial charge in [-0.1, -0.05) is 42.5 Å². The maximum Gasteiger partial charge on any atom is 0.328 e. The van der Waals surface area contributed by atoms with Gasteiger partial charge in [0, 0.05) is 32.5 Å². The molecule has 1 spiro atoms. The van der Waals surface area contributed by atoms with Gasteiger partial charge in [0.05, 0.1) is 20.1 Å². The van der Waals surface area contributed by atoms with Crippen LogP contribution in [0.15, 0.2) is 54.6 Å². The van der Waals surface area contributed by atoms with Crippen molar-refractivity contribution in [1.29, 1.82) is 0 Å². The Bertz CT molecular complexity index is 907. The van der Waals surface area contributed by atoms with Gasteiger partial charge < -0.3 is 14.6 Å². The van der Waals surface area contributed by atoms with E-state index in [9.17, 15) is 14.7 Å². The van der Waals surface area contributed by atoms with E-state index >= 15 is 0 Å². The summed E-state index contributed by atoms with van der Waals surface area (Å²) in [4.78, 5) is 29.0. The summed E-state index contributed by atoms with van der Waals surface area (Å²) in [6.45, 7) is 2.35. The maximum atomic E-state index is 13.3. The van der Waals surface area contributed by atoms with Crippen molar-refractivity contribution in [3.8, 4) is 5.75 Å². The number of methoxy groups -OCH3 is 1. The van der Waals surface area contributed by atoms with Gasteiger partial charge in [-0.3, -0.25) is 14.6 Å². The highest BCUT2D eigenvalue weighted by Gasteiger charge is 2.53. The number of carboxylic acid groups (broad SMARTS) is 1. The largest absolute Gasteiger partial charge is 0.497 e. The smallest absolute Gasteiger partial charge is 0.328 e. The van der Waals surface area contributed by atoms with Gasteiger partial charge in [-0.25, -0.2) is 4.79 Å². The van der Waals surface area contributed by atoms with Crippen molar-refractivity contribution in [1.82, 2.24) is 9.80 Å². The number of hydrogen-bond donors (Lipinski definition) is 1. The predicted octanol–water partition coefficient (Wildman–Crippen LogP) is 2.54. The van der Waals surface area contributed by atoms with Crippen molar-refractivity contribution in [2.24, 2.45) is 0 Å². The molecule has 1 N–H and O–H groups in total. The minimum Gasteiger partial charge on any atom is -0.497 e. The van der Waals surface area contributed by atoms with E-state index in [0.717, 1.165) is 25.2 Å². The Balaban J connectivity index is 1.47. The van der Waals surface area contributed by atoms with Crippen molar-refractivity contribution >= 4 is 11.9 Å². The highest BCUT2D eigenvalue weighted by molar-refractivity contribution is 5.86. The van der Waals surface area contributed by atoms with Gasteiger partial charge in [0.25, 0.3) is 0 Å². The number of carboxylic acids is 1. The molecule has 0 saturated carbocycles. The molecule has 0 aliphatic carbocycles. The number of ether oxygens (including phenoxy) is 2. The highest BCUT2D eigenvalue weighted by Crippen LogP contribution is 2.38. The fourth-order valence-electron chi connectivity index (χ4n) is 4.54. The fraction of sp³-hybridized carbons (Fsp3) is 0.417. The summed E-state index contributed by atoms with van der Waals surface area (Å²) >= 11 is 0. The third kappa shape index (κ3) is 4.57. The number of rotatable bonds is 6. The van der Waals surface area contributed by atoms with Crippen LogP contribution in [0.4, 0.5) is 0 Å². The van der Waals surface area contributed by atoms with Crippen LogP contribution in [0, 0.1) is 0 Å². The first-order chi connectivity index (χ1) is 15.0. The van der Waals surface area contributed by atoms with Crippen molar-refractivity contribution < 1.29 is 24.2 Å². The summed E-state index contributed by atoms with van der Waals surface area (Å²) in [5.74, 6) is -0.523. The Hall–Kier alpha value is -2.90. The first-order valence-corrected chi connectivity index (χ1v) is 10.6. The molecule has 2 aromatic carbocycles. The van der Waals surface area contributed by atoms with Crippen molar-refractivity contribution in [3.05, 3.63) is 65.7 Å². The molecule has 1 amide bonds. The normalized spacial score (nSPS) is 20.7.